The van der Waals surface area contributed by atoms with Crippen LogP contribution in [0.5, 0.6) is 0 Å². The van der Waals surface area contributed by atoms with E-state index in [1.54, 1.807) is 0 Å². The first-order valence-corrected chi connectivity index (χ1v) is 5.72. The zero-order chi connectivity index (χ0) is 10.8. The molecule has 2 aromatic carbocycles. The molecule has 0 unspecified atom stereocenters. The van der Waals surface area contributed by atoms with Gasteiger partial charge in [-0.3, -0.25) is 0 Å². The van der Waals surface area contributed by atoms with E-state index in [1.165, 1.54) is 10.9 Å². The molecule has 0 aliphatic heterocycles. The molecule has 0 saturated carbocycles. The molecule has 0 bridgehead atoms. The monoisotopic (exact) mass is 218 g/mol. The van der Waals surface area contributed by atoms with Gasteiger partial charge in [0.1, 0.15) is 0 Å². The SMILES string of the molecule is CC(C)Cc1ccc(Cl)c2ccccc12. The average Bonchev–Trinajstić information content (AvgIpc) is 2.22. The van der Waals surface area contributed by atoms with Crippen molar-refractivity contribution in [2.45, 2.75) is 20.3 Å². The molecule has 15 heavy (non-hydrogen) atoms. The summed E-state index contributed by atoms with van der Waals surface area (Å²) in [5, 5.41) is 3.30. The van der Waals surface area contributed by atoms with Gasteiger partial charge in [0.15, 0.2) is 0 Å². The van der Waals surface area contributed by atoms with Crippen molar-refractivity contribution in [1.82, 2.24) is 0 Å². The molecule has 2 aromatic rings. The minimum atomic E-state index is 0.676. The Labute approximate surface area is 95.9 Å². The molecule has 78 valence electrons. The van der Waals surface area contributed by atoms with Crippen LogP contribution in [0.15, 0.2) is 36.4 Å². The Hall–Kier alpha value is -1.01. The standard InChI is InChI=1S/C14H15Cl/c1-10(2)9-11-7-8-14(15)13-6-4-3-5-12(11)13/h3-8,10H,9H2,1-2H3. The number of halogens is 1. The van der Waals surface area contributed by atoms with Crippen LogP contribution in [0.2, 0.25) is 5.02 Å². The average molecular weight is 219 g/mol. The molecule has 0 radical (unpaired) electrons. The smallest absolute Gasteiger partial charge is 0.0484 e. The lowest BCUT2D eigenvalue weighted by Crippen LogP contribution is -1.95. The molecule has 0 spiro atoms. The van der Waals surface area contributed by atoms with Crippen LogP contribution in [-0.2, 0) is 6.42 Å². The quantitative estimate of drug-likeness (QED) is 0.686. The van der Waals surface area contributed by atoms with E-state index in [4.69, 9.17) is 11.6 Å². The molecular formula is C14H15Cl. The molecule has 0 saturated heterocycles. The topological polar surface area (TPSA) is 0 Å². The first kappa shape index (κ1) is 10.5. The summed E-state index contributed by atoms with van der Waals surface area (Å²) in [7, 11) is 0. The second kappa shape index (κ2) is 4.24. The zero-order valence-corrected chi connectivity index (χ0v) is 9.88. The van der Waals surface area contributed by atoms with Crippen LogP contribution < -0.4 is 0 Å². The summed E-state index contributed by atoms with van der Waals surface area (Å²) in [6.07, 6.45) is 1.11. The number of benzene rings is 2. The molecule has 0 aliphatic carbocycles. The van der Waals surface area contributed by atoms with Crippen molar-refractivity contribution in [2.24, 2.45) is 5.92 Å². The van der Waals surface area contributed by atoms with Gasteiger partial charge < -0.3 is 0 Å². The Morgan fingerprint density at radius 2 is 1.67 bits per heavy atom. The highest BCUT2D eigenvalue weighted by molar-refractivity contribution is 6.35. The minimum Gasteiger partial charge on any atom is -0.0837 e. The molecule has 2 rings (SSSR count). The molecule has 0 aromatic heterocycles. The maximum Gasteiger partial charge on any atom is 0.0484 e. The molecule has 0 heterocycles. The van der Waals surface area contributed by atoms with Crippen LogP contribution >= 0.6 is 11.6 Å². The van der Waals surface area contributed by atoms with E-state index in [1.807, 2.05) is 12.1 Å². The highest BCUT2D eigenvalue weighted by Crippen LogP contribution is 2.27. The first-order chi connectivity index (χ1) is 7.18. The van der Waals surface area contributed by atoms with Crippen molar-refractivity contribution in [1.29, 1.82) is 0 Å². The van der Waals surface area contributed by atoms with Crippen molar-refractivity contribution in [3.8, 4) is 0 Å². The number of rotatable bonds is 2. The third-order valence-corrected chi connectivity index (χ3v) is 2.92. The Morgan fingerprint density at radius 1 is 1.00 bits per heavy atom. The van der Waals surface area contributed by atoms with Gasteiger partial charge in [0.2, 0.25) is 0 Å². The predicted molar refractivity (Wildman–Crippen MR) is 67.5 cm³/mol. The molecule has 1 heteroatoms. The van der Waals surface area contributed by atoms with Gasteiger partial charge >= 0.3 is 0 Å². The van der Waals surface area contributed by atoms with Gasteiger partial charge in [0.05, 0.1) is 0 Å². The van der Waals surface area contributed by atoms with Crippen LogP contribution in [0.1, 0.15) is 19.4 Å². The van der Waals surface area contributed by atoms with Crippen molar-refractivity contribution in [2.75, 3.05) is 0 Å². The molecule has 0 N–H and O–H groups in total. The summed E-state index contributed by atoms with van der Waals surface area (Å²) in [5.74, 6) is 0.676. The van der Waals surface area contributed by atoms with Crippen LogP contribution in [0.4, 0.5) is 0 Å². The van der Waals surface area contributed by atoms with Crippen molar-refractivity contribution >= 4 is 22.4 Å². The minimum absolute atomic E-state index is 0.676. The molecule has 0 fully saturated rings. The summed E-state index contributed by atoms with van der Waals surface area (Å²) in [6.45, 7) is 4.48. The van der Waals surface area contributed by atoms with Gasteiger partial charge in [-0.15, -0.1) is 0 Å². The van der Waals surface area contributed by atoms with Crippen molar-refractivity contribution in [3.05, 3.63) is 47.0 Å². The van der Waals surface area contributed by atoms with Gasteiger partial charge in [0.25, 0.3) is 0 Å². The lowest BCUT2D eigenvalue weighted by Gasteiger charge is -2.09. The molecule has 0 atom stereocenters. The maximum absolute atomic E-state index is 6.17. The van der Waals surface area contributed by atoms with Crippen LogP contribution in [0.3, 0.4) is 0 Å². The highest BCUT2D eigenvalue weighted by atomic mass is 35.5. The predicted octanol–water partition coefficient (Wildman–Crippen LogP) is 4.69. The van der Waals surface area contributed by atoms with Gasteiger partial charge in [-0.1, -0.05) is 55.8 Å². The fourth-order valence-electron chi connectivity index (χ4n) is 1.94. The second-order valence-corrected chi connectivity index (χ2v) is 4.76. The molecule has 0 aliphatic rings. The fraction of sp³-hybridized carbons (Fsp3) is 0.286. The Bertz CT molecular complexity index is 472. The van der Waals surface area contributed by atoms with Crippen LogP contribution in [0.25, 0.3) is 10.8 Å². The lowest BCUT2D eigenvalue weighted by molar-refractivity contribution is 0.650. The second-order valence-electron chi connectivity index (χ2n) is 4.35. The van der Waals surface area contributed by atoms with Crippen molar-refractivity contribution < 1.29 is 0 Å². The van der Waals surface area contributed by atoms with E-state index < -0.39 is 0 Å². The van der Waals surface area contributed by atoms with Gasteiger partial charge in [-0.05, 0) is 29.4 Å². The van der Waals surface area contributed by atoms with E-state index in [0.29, 0.717) is 5.92 Å². The Morgan fingerprint density at radius 3 is 2.33 bits per heavy atom. The summed E-state index contributed by atoms with van der Waals surface area (Å²) < 4.78 is 0. The first-order valence-electron chi connectivity index (χ1n) is 5.34. The van der Waals surface area contributed by atoms with Gasteiger partial charge in [-0.25, -0.2) is 0 Å². The van der Waals surface area contributed by atoms with Crippen LogP contribution in [-0.4, -0.2) is 0 Å². The largest absolute Gasteiger partial charge is 0.0837 e. The summed E-state index contributed by atoms with van der Waals surface area (Å²) >= 11 is 6.17. The van der Waals surface area contributed by atoms with E-state index in [-0.39, 0.29) is 0 Å². The van der Waals surface area contributed by atoms with Crippen molar-refractivity contribution in [3.63, 3.8) is 0 Å². The van der Waals surface area contributed by atoms with E-state index in [0.717, 1.165) is 16.8 Å². The van der Waals surface area contributed by atoms with E-state index in [2.05, 4.69) is 38.1 Å². The Kier molecular flexibility index (Phi) is 2.97. The third-order valence-electron chi connectivity index (χ3n) is 2.59. The molecule has 0 amide bonds. The van der Waals surface area contributed by atoms with Gasteiger partial charge in [0, 0.05) is 10.4 Å². The Balaban J connectivity index is 2.61. The fourth-order valence-corrected chi connectivity index (χ4v) is 2.17. The number of fused-ring (bicyclic) bond motifs is 1. The maximum atomic E-state index is 6.17. The number of hydrogen-bond donors (Lipinski definition) is 0. The number of hydrogen-bond acceptors (Lipinski definition) is 0. The molecule has 0 nitrogen and oxygen atoms in total. The summed E-state index contributed by atoms with van der Waals surface area (Å²) in [5.41, 5.74) is 1.39. The highest BCUT2D eigenvalue weighted by Gasteiger charge is 2.05. The van der Waals surface area contributed by atoms with E-state index >= 15 is 0 Å². The summed E-state index contributed by atoms with van der Waals surface area (Å²) in [6, 6.07) is 12.5. The summed E-state index contributed by atoms with van der Waals surface area (Å²) in [4.78, 5) is 0. The van der Waals surface area contributed by atoms with Crippen LogP contribution in [0, 0.1) is 5.92 Å². The zero-order valence-electron chi connectivity index (χ0n) is 9.13. The molecular weight excluding hydrogens is 204 g/mol. The third kappa shape index (κ3) is 2.15. The lowest BCUT2D eigenvalue weighted by atomic mass is 9.97. The van der Waals surface area contributed by atoms with E-state index in [9.17, 15) is 0 Å². The van der Waals surface area contributed by atoms with Gasteiger partial charge in [-0.2, -0.15) is 0 Å². The normalized spacial score (nSPS) is 11.2.